The number of benzene rings is 1. The molecular formula is C14H18O7. The fourth-order valence-corrected chi connectivity index (χ4v) is 1.50. The summed E-state index contributed by atoms with van der Waals surface area (Å²) in [5.41, 5.74) is 0.320. The second kappa shape index (κ2) is 8.23. The van der Waals surface area contributed by atoms with E-state index in [2.05, 4.69) is 9.47 Å². The van der Waals surface area contributed by atoms with Crippen molar-refractivity contribution in [2.75, 3.05) is 20.3 Å². The number of ether oxygens (including phenoxy) is 3. The van der Waals surface area contributed by atoms with E-state index >= 15 is 0 Å². The van der Waals surface area contributed by atoms with Crippen LogP contribution in [0.1, 0.15) is 18.6 Å². The van der Waals surface area contributed by atoms with Crippen molar-refractivity contribution in [3.63, 3.8) is 0 Å². The molecule has 1 aromatic carbocycles. The fraction of sp³-hybridized carbons (Fsp3) is 0.429. The molecule has 0 spiro atoms. The van der Waals surface area contributed by atoms with Gasteiger partial charge in [-0.15, -0.1) is 0 Å². The molecule has 0 radical (unpaired) electrons. The van der Waals surface area contributed by atoms with Crippen molar-refractivity contribution in [3.8, 4) is 5.75 Å². The molecule has 21 heavy (non-hydrogen) atoms. The molecule has 0 saturated heterocycles. The number of esters is 2. The second-order valence-corrected chi connectivity index (χ2v) is 4.08. The molecule has 0 aliphatic rings. The van der Waals surface area contributed by atoms with Gasteiger partial charge in [-0.05, 0) is 24.6 Å². The molecule has 7 heteroatoms. The molecule has 0 bridgehead atoms. The van der Waals surface area contributed by atoms with Crippen LogP contribution in [0.5, 0.6) is 5.75 Å². The smallest absolute Gasteiger partial charge is 0.343 e. The van der Waals surface area contributed by atoms with Gasteiger partial charge in [0, 0.05) is 0 Å². The van der Waals surface area contributed by atoms with Crippen LogP contribution < -0.4 is 4.74 Å². The zero-order valence-corrected chi connectivity index (χ0v) is 11.8. The van der Waals surface area contributed by atoms with Gasteiger partial charge in [-0.3, -0.25) is 0 Å². The number of carbonyl (C=O) groups is 2. The van der Waals surface area contributed by atoms with Crippen LogP contribution in [0.25, 0.3) is 0 Å². The molecule has 116 valence electrons. The molecule has 0 aliphatic heterocycles. The number of hydrogen-bond acceptors (Lipinski definition) is 7. The zero-order chi connectivity index (χ0) is 15.8. The van der Waals surface area contributed by atoms with Gasteiger partial charge in [0.25, 0.3) is 0 Å². The molecule has 7 nitrogen and oxygen atoms in total. The summed E-state index contributed by atoms with van der Waals surface area (Å²) < 4.78 is 14.2. The Kier molecular flexibility index (Phi) is 6.64. The first-order valence-corrected chi connectivity index (χ1v) is 6.32. The highest BCUT2D eigenvalue weighted by molar-refractivity contribution is 5.75. The van der Waals surface area contributed by atoms with Crippen LogP contribution in [-0.4, -0.2) is 48.6 Å². The minimum atomic E-state index is -1.66. The summed E-state index contributed by atoms with van der Waals surface area (Å²) in [6.45, 7) is 1.48. The van der Waals surface area contributed by atoms with E-state index < -0.39 is 24.1 Å². The van der Waals surface area contributed by atoms with Gasteiger partial charge >= 0.3 is 11.9 Å². The van der Waals surface area contributed by atoms with E-state index in [-0.39, 0.29) is 13.2 Å². The Balaban J connectivity index is 2.64. The average molecular weight is 298 g/mol. The van der Waals surface area contributed by atoms with Gasteiger partial charge < -0.3 is 24.4 Å². The van der Waals surface area contributed by atoms with Crippen LogP contribution in [0, 0.1) is 0 Å². The zero-order valence-electron chi connectivity index (χ0n) is 11.8. The molecular weight excluding hydrogens is 280 g/mol. The third-order valence-corrected chi connectivity index (χ3v) is 2.63. The molecule has 2 N–H and O–H groups in total. The van der Waals surface area contributed by atoms with Gasteiger partial charge in [0.1, 0.15) is 11.9 Å². The van der Waals surface area contributed by atoms with E-state index in [4.69, 9.17) is 4.74 Å². The van der Waals surface area contributed by atoms with Gasteiger partial charge in [0.05, 0.1) is 13.7 Å². The molecule has 0 aliphatic carbocycles. The number of aliphatic hydroxyl groups excluding tert-OH is 2. The van der Waals surface area contributed by atoms with E-state index in [0.717, 1.165) is 0 Å². The Labute approximate surface area is 122 Å². The van der Waals surface area contributed by atoms with Gasteiger partial charge in [-0.2, -0.15) is 0 Å². The number of hydrogen-bond donors (Lipinski definition) is 2. The molecule has 2 atom stereocenters. The first-order chi connectivity index (χ1) is 9.99. The monoisotopic (exact) mass is 298 g/mol. The maximum atomic E-state index is 11.3. The van der Waals surface area contributed by atoms with Crippen molar-refractivity contribution in [2.45, 2.75) is 19.1 Å². The maximum Gasteiger partial charge on any atom is 0.343 e. The van der Waals surface area contributed by atoms with Gasteiger partial charge in [0.15, 0.2) is 12.7 Å². The third-order valence-electron chi connectivity index (χ3n) is 2.63. The quantitative estimate of drug-likeness (QED) is 0.693. The average Bonchev–Trinajstić information content (AvgIpc) is 2.51. The lowest BCUT2D eigenvalue weighted by molar-refractivity contribution is -0.159. The largest absolute Gasteiger partial charge is 0.482 e. The number of aliphatic hydroxyl groups is 2. The maximum absolute atomic E-state index is 11.3. The minimum absolute atomic E-state index is 0.114. The number of rotatable bonds is 7. The normalized spacial score (nSPS) is 13.1. The van der Waals surface area contributed by atoms with Crippen molar-refractivity contribution < 1.29 is 34.0 Å². The Bertz CT molecular complexity index is 469. The molecule has 2 unspecified atom stereocenters. The lowest BCUT2D eigenvalue weighted by atomic mass is 10.0. The van der Waals surface area contributed by atoms with Crippen molar-refractivity contribution in [3.05, 3.63) is 29.8 Å². The molecule has 0 saturated carbocycles. The van der Waals surface area contributed by atoms with E-state index in [0.29, 0.717) is 11.3 Å². The molecule has 0 aromatic heterocycles. The predicted molar refractivity (Wildman–Crippen MR) is 71.6 cm³/mol. The fourth-order valence-electron chi connectivity index (χ4n) is 1.50. The summed E-state index contributed by atoms with van der Waals surface area (Å²) in [5.74, 6) is -1.02. The van der Waals surface area contributed by atoms with Crippen molar-refractivity contribution >= 4 is 11.9 Å². The van der Waals surface area contributed by atoms with Gasteiger partial charge in [-0.1, -0.05) is 12.1 Å². The molecule has 1 aromatic rings. The Morgan fingerprint density at radius 1 is 1.19 bits per heavy atom. The van der Waals surface area contributed by atoms with Crippen LogP contribution in [0.2, 0.25) is 0 Å². The Morgan fingerprint density at radius 2 is 1.81 bits per heavy atom. The number of carbonyl (C=O) groups excluding carboxylic acids is 2. The summed E-state index contributed by atoms with van der Waals surface area (Å²) in [5, 5.41) is 19.5. The summed E-state index contributed by atoms with van der Waals surface area (Å²) in [6, 6.07) is 5.94. The van der Waals surface area contributed by atoms with E-state index in [1.807, 2.05) is 0 Å². The van der Waals surface area contributed by atoms with Crippen LogP contribution in [0.15, 0.2) is 24.3 Å². The first-order valence-electron chi connectivity index (χ1n) is 6.32. The lowest BCUT2D eigenvalue weighted by Crippen LogP contribution is -2.29. The van der Waals surface area contributed by atoms with E-state index in [1.54, 1.807) is 6.92 Å². The van der Waals surface area contributed by atoms with Crippen LogP contribution >= 0.6 is 0 Å². The summed E-state index contributed by atoms with van der Waals surface area (Å²) in [7, 11) is 1.25. The van der Waals surface area contributed by atoms with Crippen molar-refractivity contribution in [2.24, 2.45) is 0 Å². The first kappa shape index (κ1) is 16.9. The van der Waals surface area contributed by atoms with Crippen LogP contribution in [-0.2, 0) is 19.1 Å². The Hall–Kier alpha value is -2.12. The highest BCUT2D eigenvalue weighted by atomic mass is 16.6. The second-order valence-electron chi connectivity index (χ2n) is 4.08. The topological polar surface area (TPSA) is 102 Å². The summed E-state index contributed by atoms with van der Waals surface area (Å²) in [4.78, 5) is 22.2. The standard InChI is InChI=1S/C14H18O7/c1-3-20-14(18)13(17)12(16)9-4-6-10(7-5-9)21-8-11(15)19-2/h4-7,12-13,16-17H,3,8H2,1-2H3. The predicted octanol–water partition coefficient (Wildman–Crippen LogP) is 0.196. The Morgan fingerprint density at radius 3 is 2.33 bits per heavy atom. The minimum Gasteiger partial charge on any atom is -0.482 e. The van der Waals surface area contributed by atoms with E-state index in [9.17, 15) is 19.8 Å². The molecule has 0 heterocycles. The third kappa shape index (κ3) is 5.05. The van der Waals surface area contributed by atoms with Crippen molar-refractivity contribution in [1.29, 1.82) is 0 Å². The van der Waals surface area contributed by atoms with Crippen molar-refractivity contribution in [1.82, 2.24) is 0 Å². The molecule has 0 amide bonds. The lowest BCUT2D eigenvalue weighted by Gasteiger charge is -2.17. The van der Waals surface area contributed by atoms with Crippen LogP contribution in [0.3, 0.4) is 0 Å². The molecule has 1 rings (SSSR count). The summed E-state index contributed by atoms with van der Waals surface area (Å²) in [6.07, 6.45) is -3.06. The van der Waals surface area contributed by atoms with Gasteiger partial charge in [-0.25, -0.2) is 9.59 Å². The highest BCUT2D eigenvalue weighted by Gasteiger charge is 2.26. The SMILES string of the molecule is CCOC(=O)C(O)C(O)c1ccc(OCC(=O)OC)cc1. The number of methoxy groups -OCH3 is 1. The van der Waals surface area contributed by atoms with Gasteiger partial charge in [0.2, 0.25) is 0 Å². The van der Waals surface area contributed by atoms with E-state index in [1.165, 1.54) is 31.4 Å². The van der Waals surface area contributed by atoms with Crippen LogP contribution in [0.4, 0.5) is 0 Å². The molecule has 0 fully saturated rings. The highest BCUT2D eigenvalue weighted by Crippen LogP contribution is 2.21. The summed E-state index contributed by atoms with van der Waals surface area (Å²) >= 11 is 0.